The first-order valence-electron chi connectivity index (χ1n) is 5.90. The van der Waals surface area contributed by atoms with Crippen LogP contribution in [0.25, 0.3) is 0 Å². The van der Waals surface area contributed by atoms with Crippen LogP contribution < -0.4 is 11.1 Å². The number of ether oxygens (including phenoxy) is 1. The second kappa shape index (κ2) is 7.40. The van der Waals surface area contributed by atoms with Crippen molar-refractivity contribution in [2.75, 3.05) is 19.0 Å². The third kappa shape index (κ3) is 5.07. The average Bonchev–Trinajstić information content (AvgIpc) is 2.72. The molecule has 7 heteroatoms. The fraction of sp³-hybridized carbons (Fsp3) is 0.727. The summed E-state index contributed by atoms with van der Waals surface area (Å²) in [6, 6.07) is -0.581. The fourth-order valence-electron chi connectivity index (χ4n) is 1.31. The number of carbonyl (C=O) groups is 1. The minimum atomic E-state index is -0.581. The molecule has 1 rings (SSSR count). The van der Waals surface area contributed by atoms with Crippen LogP contribution in [0, 0.1) is 5.92 Å². The van der Waals surface area contributed by atoms with Crippen molar-refractivity contribution in [2.24, 2.45) is 11.7 Å². The zero-order valence-electron chi connectivity index (χ0n) is 11.0. The molecule has 0 spiro atoms. The molecule has 1 aromatic heterocycles. The van der Waals surface area contributed by atoms with Crippen LogP contribution in [0.4, 0.5) is 5.13 Å². The van der Waals surface area contributed by atoms with E-state index in [1.54, 1.807) is 7.11 Å². The van der Waals surface area contributed by atoms with Crippen molar-refractivity contribution in [3.63, 3.8) is 0 Å². The van der Waals surface area contributed by atoms with E-state index in [0.717, 1.165) is 11.4 Å². The lowest BCUT2D eigenvalue weighted by molar-refractivity contribution is -0.117. The van der Waals surface area contributed by atoms with E-state index in [9.17, 15) is 4.79 Å². The van der Waals surface area contributed by atoms with E-state index in [4.69, 9.17) is 10.5 Å². The van der Waals surface area contributed by atoms with Crippen LogP contribution in [0.3, 0.4) is 0 Å². The Hall–Kier alpha value is -1.05. The SMILES string of the molecule is COCCC(N)C(=O)Nc1nnc(CC(C)C)s1. The van der Waals surface area contributed by atoms with E-state index in [1.807, 2.05) is 0 Å². The number of nitrogens with two attached hydrogens (primary N) is 1. The van der Waals surface area contributed by atoms with Crippen molar-refractivity contribution in [1.82, 2.24) is 10.2 Å². The summed E-state index contributed by atoms with van der Waals surface area (Å²) in [5.41, 5.74) is 5.70. The average molecular weight is 272 g/mol. The van der Waals surface area contributed by atoms with Crippen molar-refractivity contribution in [3.8, 4) is 0 Å². The Labute approximate surface area is 111 Å². The summed E-state index contributed by atoms with van der Waals surface area (Å²) in [4.78, 5) is 11.7. The summed E-state index contributed by atoms with van der Waals surface area (Å²) in [7, 11) is 1.58. The van der Waals surface area contributed by atoms with Gasteiger partial charge in [-0.15, -0.1) is 10.2 Å². The number of methoxy groups -OCH3 is 1. The van der Waals surface area contributed by atoms with E-state index in [1.165, 1.54) is 11.3 Å². The summed E-state index contributed by atoms with van der Waals surface area (Å²) >= 11 is 1.39. The molecule has 0 aliphatic heterocycles. The van der Waals surface area contributed by atoms with Crippen LogP contribution in [0.15, 0.2) is 0 Å². The second-order valence-corrected chi connectivity index (χ2v) is 5.54. The first kappa shape index (κ1) is 15.0. The quantitative estimate of drug-likeness (QED) is 0.774. The first-order valence-corrected chi connectivity index (χ1v) is 6.72. The van der Waals surface area contributed by atoms with Crippen molar-refractivity contribution in [3.05, 3.63) is 5.01 Å². The molecule has 0 aliphatic carbocycles. The van der Waals surface area contributed by atoms with Gasteiger partial charge in [-0.25, -0.2) is 0 Å². The monoisotopic (exact) mass is 272 g/mol. The van der Waals surface area contributed by atoms with E-state index >= 15 is 0 Å². The predicted molar refractivity (Wildman–Crippen MR) is 71.5 cm³/mol. The smallest absolute Gasteiger partial charge is 0.243 e. The van der Waals surface area contributed by atoms with Gasteiger partial charge in [0.25, 0.3) is 0 Å². The van der Waals surface area contributed by atoms with Gasteiger partial charge >= 0.3 is 0 Å². The van der Waals surface area contributed by atoms with E-state index in [0.29, 0.717) is 24.1 Å². The Morgan fingerprint density at radius 2 is 2.22 bits per heavy atom. The number of rotatable bonds is 7. The van der Waals surface area contributed by atoms with Gasteiger partial charge in [0.1, 0.15) is 5.01 Å². The number of anilines is 1. The molecule has 0 aliphatic rings. The fourth-order valence-corrected chi connectivity index (χ4v) is 2.26. The minimum Gasteiger partial charge on any atom is -0.385 e. The number of hydrogen-bond acceptors (Lipinski definition) is 6. The molecule has 1 heterocycles. The molecule has 1 atom stereocenters. The molecule has 1 unspecified atom stereocenters. The summed E-state index contributed by atoms with van der Waals surface area (Å²) in [6.07, 6.45) is 1.35. The van der Waals surface area contributed by atoms with Gasteiger partial charge in [-0.2, -0.15) is 0 Å². The molecule has 0 bridgehead atoms. The van der Waals surface area contributed by atoms with Gasteiger partial charge in [0.05, 0.1) is 6.04 Å². The second-order valence-electron chi connectivity index (χ2n) is 4.48. The molecule has 0 radical (unpaired) electrons. The van der Waals surface area contributed by atoms with Crippen LogP contribution >= 0.6 is 11.3 Å². The van der Waals surface area contributed by atoms with Gasteiger partial charge in [0, 0.05) is 20.1 Å². The Bertz CT molecular complexity index is 381. The highest BCUT2D eigenvalue weighted by Gasteiger charge is 2.15. The maximum absolute atomic E-state index is 11.7. The van der Waals surface area contributed by atoms with E-state index < -0.39 is 6.04 Å². The molecule has 18 heavy (non-hydrogen) atoms. The van der Waals surface area contributed by atoms with Crippen molar-refractivity contribution in [1.29, 1.82) is 0 Å². The maximum atomic E-state index is 11.7. The van der Waals surface area contributed by atoms with Crippen LogP contribution in [-0.2, 0) is 16.0 Å². The molecular weight excluding hydrogens is 252 g/mol. The zero-order chi connectivity index (χ0) is 13.5. The van der Waals surface area contributed by atoms with Crippen molar-refractivity contribution in [2.45, 2.75) is 32.7 Å². The van der Waals surface area contributed by atoms with Crippen LogP contribution in [0.2, 0.25) is 0 Å². The third-order valence-corrected chi connectivity index (χ3v) is 3.11. The van der Waals surface area contributed by atoms with Crippen LogP contribution in [0.1, 0.15) is 25.3 Å². The molecule has 1 amide bonds. The van der Waals surface area contributed by atoms with Crippen LogP contribution in [0.5, 0.6) is 0 Å². The molecule has 0 fully saturated rings. The lowest BCUT2D eigenvalue weighted by Crippen LogP contribution is -2.36. The van der Waals surface area contributed by atoms with Gasteiger partial charge in [-0.05, 0) is 12.3 Å². The Balaban J connectivity index is 2.46. The molecule has 6 nitrogen and oxygen atoms in total. The van der Waals surface area contributed by atoms with Crippen LogP contribution in [-0.4, -0.2) is 35.9 Å². The molecule has 102 valence electrons. The summed E-state index contributed by atoms with van der Waals surface area (Å²) in [5.74, 6) is 0.268. The number of nitrogens with zero attached hydrogens (tertiary/aromatic N) is 2. The summed E-state index contributed by atoms with van der Waals surface area (Å²) in [6.45, 7) is 4.68. The highest BCUT2D eigenvalue weighted by Crippen LogP contribution is 2.18. The Kier molecular flexibility index (Phi) is 6.17. The number of amides is 1. The first-order chi connectivity index (χ1) is 8.52. The van der Waals surface area contributed by atoms with Gasteiger partial charge in [-0.1, -0.05) is 25.2 Å². The third-order valence-electron chi connectivity index (χ3n) is 2.25. The van der Waals surface area contributed by atoms with Gasteiger partial charge < -0.3 is 10.5 Å². The van der Waals surface area contributed by atoms with Gasteiger partial charge in [-0.3, -0.25) is 10.1 Å². The Morgan fingerprint density at radius 1 is 1.50 bits per heavy atom. The van der Waals surface area contributed by atoms with Gasteiger partial charge in [0.2, 0.25) is 11.0 Å². The van der Waals surface area contributed by atoms with Gasteiger partial charge in [0.15, 0.2) is 0 Å². The molecule has 0 aromatic carbocycles. The number of carbonyl (C=O) groups excluding carboxylic acids is 1. The predicted octanol–water partition coefficient (Wildman–Crippen LogP) is 1.04. The zero-order valence-corrected chi connectivity index (χ0v) is 11.8. The molecule has 0 saturated carbocycles. The topological polar surface area (TPSA) is 90.1 Å². The highest BCUT2D eigenvalue weighted by molar-refractivity contribution is 7.15. The lowest BCUT2D eigenvalue weighted by Gasteiger charge is -2.09. The maximum Gasteiger partial charge on any atom is 0.243 e. The molecule has 1 aromatic rings. The van der Waals surface area contributed by atoms with Crippen molar-refractivity contribution >= 4 is 22.4 Å². The largest absolute Gasteiger partial charge is 0.385 e. The summed E-state index contributed by atoms with van der Waals surface area (Å²) < 4.78 is 4.88. The van der Waals surface area contributed by atoms with Crippen molar-refractivity contribution < 1.29 is 9.53 Å². The van der Waals surface area contributed by atoms with E-state index in [2.05, 4.69) is 29.4 Å². The lowest BCUT2D eigenvalue weighted by atomic mass is 10.1. The molecule has 0 saturated heterocycles. The molecule has 3 N–H and O–H groups in total. The standard InChI is InChI=1S/C11H20N4O2S/c1-7(2)6-9-14-15-11(18-9)13-10(16)8(12)4-5-17-3/h7-8H,4-6,12H2,1-3H3,(H,13,15,16). The summed E-state index contributed by atoms with van der Waals surface area (Å²) in [5, 5.41) is 12.0. The Morgan fingerprint density at radius 3 is 2.83 bits per heavy atom. The molecular formula is C11H20N4O2S. The minimum absolute atomic E-state index is 0.251. The number of nitrogens with one attached hydrogen (secondary N) is 1. The highest BCUT2D eigenvalue weighted by atomic mass is 32.1. The number of aromatic nitrogens is 2. The number of hydrogen-bond donors (Lipinski definition) is 2. The normalized spacial score (nSPS) is 12.7. The van der Waals surface area contributed by atoms with E-state index in [-0.39, 0.29) is 5.91 Å².